The molecule has 20 heavy (non-hydrogen) atoms. The first-order valence-corrected chi connectivity index (χ1v) is 7.17. The SMILES string of the molecule is CCN(CC)CCSc1cc(C(F)(F)F)nc(NN)n1. The molecule has 0 aliphatic heterocycles. The summed E-state index contributed by atoms with van der Waals surface area (Å²) in [4.78, 5) is 9.40. The van der Waals surface area contributed by atoms with Crippen LogP contribution in [0.2, 0.25) is 0 Å². The number of anilines is 1. The topological polar surface area (TPSA) is 67.1 Å². The summed E-state index contributed by atoms with van der Waals surface area (Å²) < 4.78 is 38.0. The quantitative estimate of drug-likeness (QED) is 0.348. The lowest BCUT2D eigenvalue weighted by Crippen LogP contribution is -2.25. The Hall–Kier alpha value is -1.06. The number of rotatable bonds is 7. The van der Waals surface area contributed by atoms with Gasteiger partial charge in [0.2, 0.25) is 5.95 Å². The Kier molecular flexibility index (Phi) is 6.50. The zero-order valence-corrected chi connectivity index (χ0v) is 12.2. The molecule has 1 aromatic heterocycles. The average molecular weight is 309 g/mol. The van der Waals surface area contributed by atoms with Crippen molar-refractivity contribution in [2.45, 2.75) is 25.0 Å². The third kappa shape index (κ3) is 5.14. The van der Waals surface area contributed by atoms with Crippen molar-refractivity contribution in [1.82, 2.24) is 14.9 Å². The fourth-order valence-corrected chi connectivity index (χ4v) is 2.43. The van der Waals surface area contributed by atoms with Gasteiger partial charge in [-0.25, -0.2) is 15.8 Å². The van der Waals surface area contributed by atoms with E-state index < -0.39 is 11.9 Å². The summed E-state index contributed by atoms with van der Waals surface area (Å²) in [5, 5.41) is 0.257. The summed E-state index contributed by atoms with van der Waals surface area (Å²) in [6, 6.07) is 0.938. The second-order valence-electron chi connectivity index (χ2n) is 3.93. The number of thioether (sulfide) groups is 1. The normalized spacial score (nSPS) is 11.9. The van der Waals surface area contributed by atoms with Crippen LogP contribution in [0.4, 0.5) is 19.1 Å². The van der Waals surface area contributed by atoms with Crippen LogP contribution in [0.3, 0.4) is 0 Å². The van der Waals surface area contributed by atoms with Crippen LogP contribution in [0.5, 0.6) is 0 Å². The van der Waals surface area contributed by atoms with Crippen LogP contribution in [0.1, 0.15) is 19.5 Å². The zero-order valence-electron chi connectivity index (χ0n) is 11.4. The second-order valence-corrected chi connectivity index (χ2v) is 5.05. The van der Waals surface area contributed by atoms with Gasteiger partial charge in [-0.05, 0) is 13.1 Å². The van der Waals surface area contributed by atoms with Crippen molar-refractivity contribution in [3.63, 3.8) is 0 Å². The van der Waals surface area contributed by atoms with Gasteiger partial charge >= 0.3 is 6.18 Å². The van der Waals surface area contributed by atoms with Crippen molar-refractivity contribution in [3.8, 4) is 0 Å². The third-order valence-electron chi connectivity index (χ3n) is 2.67. The molecule has 1 heterocycles. The average Bonchev–Trinajstić information content (AvgIpc) is 2.42. The van der Waals surface area contributed by atoms with Crippen LogP contribution in [0.15, 0.2) is 11.1 Å². The van der Waals surface area contributed by atoms with Crippen molar-refractivity contribution in [2.75, 3.05) is 30.8 Å². The summed E-state index contributed by atoms with van der Waals surface area (Å²) in [7, 11) is 0. The molecule has 0 radical (unpaired) electrons. The van der Waals surface area contributed by atoms with E-state index in [0.717, 1.165) is 25.7 Å². The molecule has 0 atom stereocenters. The minimum atomic E-state index is -4.51. The summed E-state index contributed by atoms with van der Waals surface area (Å²) in [5.41, 5.74) is 1.06. The first-order valence-electron chi connectivity index (χ1n) is 6.18. The number of nitrogen functional groups attached to an aromatic ring is 1. The number of nitrogens with two attached hydrogens (primary N) is 1. The van der Waals surface area contributed by atoms with Gasteiger partial charge in [0.15, 0.2) is 5.69 Å². The van der Waals surface area contributed by atoms with Gasteiger partial charge in [-0.1, -0.05) is 13.8 Å². The molecule has 5 nitrogen and oxygen atoms in total. The molecule has 0 aliphatic rings. The van der Waals surface area contributed by atoms with Crippen molar-refractivity contribution in [1.29, 1.82) is 0 Å². The fraction of sp³-hybridized carbons (Fsp3) is 0.636. The van der Waals surface area contributed by atoms with Gasteiger partial charge in [-0.15, -0.1) is 11.8 Å². The predicted molar refractivity (Wildman–Crippen MR) is 73.4 cm³/mol. The molecule has 0 aliphatic carbocycles. The molecular formula is C11H18F3N5S. The van der Waals surface area contributed by atoms with Gasteiger partial charge in [-0.3, -0.25) is 5.43 Å². The zero-order chi connectivity index (χ0) is 15.2. The molecule has 0 saturated carbocycles. The number of hydrogen-bond donors (Lipinski definition) is 2. The van der Waals surface area contributed by atoms with E-state index in [2.05, 4.69) is 20.3 Å². The summed E-state index contributed by atoms with van der Waals surface area (Å²) in [5.74, 6) is 5.51. The van der Waals surface area contributed by atoms with E-state index in [1.54, 1.807) is 0 Å². The summed E-state index contributed by atoms with van der Waals surface area (Å²) in [6.07, 6.45) is -4.51. The van der Waals surface area contributed by atoms with Crippen molar-refractivity contribution in [3.05, 3.63) is 11.8 Å². The minimum absolute atomic E-state index is 0.231. The number of hydrazine groups is 1. The number of aromatic nitrogens is 2. The molecule has 0 aromatic carbocycles. The lowest BCUT2D eigenvalue weighted by atomic mass is 10.4. The van der Waals surface area contributed by atoms with Crippen LogP contribution >= 0.6 is 11.8 Å². The first kappa shape index (κ1) is 17.0. The first-order chi connectivity index (χ1) is 9.40. The monoisotopic (exact) mass is 309 g/mol. The highest BCUT2D eigenvalue weighted by Gasteiger charge is 2.33. The summed E-state index contributed by atoms with van der Waals surface area (Å²) in [6.45, 7) is 6.68. The smallest absolute Gasteiger partial charge is 0.303 e. The highest BCUT2D eigenvalue weighted by Crippen LogP contribution is 2.30. The van der Waals surface area contributed by atoms with Crippen LogP contribution in [-0.4, -0.2) is 40.3 Å². The Labute approximate surface area is 120 Å². The van der Waals surface area contributed by atoms with E-state index in [0.29, 0.717) is 5.75 Å². The summed E-state index contributed by atoms with van der Waals surface area (Å²) >= 11 is 1.25. The number of alkyl halides is 3. The predicted octanol–water partition coefficient (Wildman–Crippen LogP) is 2.21. The second kappa shape index (κ2) is 7.65. The van der Waals surface area contributed by atoms with Crippen LogP contribution < -0.4 is 11.3 Å². The highest BCUT2D eigenvalue weighted by atomic mass is 32.2. The maximum atomic E-state index is 12.7. The van der Waals surface area contributed by atoms with Gasteiger partial charge < -0.3 is 4.90 Å². The molecular weight excluding hydrogens is 291 g/mol. The Morgan fingerprint density at radius 3 is 2.45 bits per heavy atom. The van der Waals surface area contributed by atoms with Gasteiger partial charge in [-0.2, -0.15) is 13.2 Å². The Bertz CT molecular complexity index is 423. The number of halogens is 3. The standard InChI is InChI=1S/C11H18F3N5S/c1-3-19(4-2)5-6-20-9-7-8(11(12,13)14)16-10(17-9)18-15/h7H,3-6,15H2,1-2H3,(H,16,17,18). The van der Waals surface area contributed by atoms with E-state index in [-0.39, 0.29) is 11.0 Å². The number of nitrogens with zero attached hydrogens (tertiary/aromatic N) is 3. The van der Waals surface area contributed by atoms with Crippen molar-refractivity contribution in [2.24, 2.45) is 5.84 Å². The van der Waals surface area contributed by atoms with Crippen molar-refractivity contribution >= 4 is 17.7 Å². The van der Waals surface area contributed by atoms with E-state index in [1.165, 1.54) is 11.8 Å². The van der Waals surface area contributed by atoms with E-state index in [1.807, 2.05) is 13.8 Å². The molecule has 114 valence electrons. The molecule has 0 amide bonds. The maximum absolute atomic E-state index is 12.7. The molecule has 0 saturated heterocycles. The molecule has 0 bridgehead atoms. The lowest BCUT2D eigenvalue weighted by Gasteiger charge is -2.17. The van der Waals surface area contributed by atoms with Gasteiger partial charge in [0.25, 0.3) is 0 Å². The van der Waals surface area contributed by atoms with E-state index in [9.17, 15) is 13.2 Å². The number of hydrogen-bond acceptors (Lipinski definition) is 6. The van der Waals surface area contributed by atoms with E-state index >= 15 is 0 Å². The Morgan fingerprint density at radius 1 is 1.30 bits per heavy atom. The number of nitrogens with one attached hydrogen (secondary N) is 1. The maximum Gasteiger partial charge on any atom is 0.433 e. The highest BCUT2D eigenvalue weighted by molar-refractivity contribution is 7.99. The molecule has 1 aromatic rings. The van der Waals surface area contributed by atoms with Crippen LogP contribution in [0.25, 0.3) is 0 Å². The van der Waals surface area contributed by atoms with Gasteiger partial charge in [0.1, 0.15) is 5.03 Å². The molecule has 3 N–H and O–H groups in total. The molecule has 0 unspecified atom stereocenters. The minimum Gasteiger partial charge on any atom is -0.303 e. The van der Waals surface area contributed by atoms with Gasteiger partial charge in [0, 0.05) is 18.4 Å². The van der Waals surface area contributed by atoms with Crippen LogP contribution in [0, 0.1) is 0 Å². The Balaban J connectivity index is 2.74. The molecule has 0 spiro atoms. The molecule has 1 rings (SSSR count). The fourth-order valence-electron chi connectivity index (χ4n) is 1.53. The third-order valence-corrected chi connectivity index (χ3v) is 3.57. The Morgan fingerprint density at radius 2 is 1.95 bits per heavy atom. The largest absolute Gasteiger partial charge is 0.433 e. The molecule has 9 heteroatoms. The van der Waals surface area contributed by atoms with Gasteiger partial charge in [0.05, 0.1) is 0 Å². The van der Waals surface area contributed by atoms with Crippen LogP contribution in [-0.2, 0) is 6.18 Å². The van der Waals surface area contributed by atoms with Crippen molar-refractivity contribution < 1.29 is 13.2 Å². The lowest BCUT2D eigenvalue weighted by molar-refractivity contribution is -0.141. The molecule has 0 fully saturated rings. The van der Waals surface area contributed by atoms with E-state index in [4.69, 9.17) is 5.84 Å².